The molecule has 0 saturated carbocycles. The summed E-state index contributed by atoms with van der Waals surface area (Å²) in [7, 11) is 0. The summed E-state index contributed by atoms with van der Waals surface area (Å²) in [5.74, 6) is 0.545. The van der Waals surface area contributed by atoms with Crippen molar-refractivity contribution in [1.29, 1.82) is 0 Å². The normalized spacial score (nSPS) is 13.3. The van der Waals surface area contributed by atoms with Crippen molar-refractivity contribution in [2.24, 2.45) is 0 Å². The van der Waals surface area contributed by atoms with Crippen LogP contribution in [0.3, 0.4) is 0 Å². The Balaban J connectivity index is 2.06. The average molecular weight is 339 g/mol. The van der Waals surface area contributed by atoms with Gasteiger partial charge in [-0.2, -0.15) is 0 Å². The van der Waals surface area contributed by atoms with Gasteiger partial charge in [0.1, 0.15) is 0 Å². The first kappa shape index (κ1) is 17.0. The molecule has 2 rings (SSSR count). The number of carbonyl (C=O) groups is 1. The van der Waals surface area contributed by atoms with Gasteiger partial charge in [0.2, 0.25) is 5.91 Å². The fraction of sp³-hybridized carbons (Fsp3) is 0.533. The molecule has 0 aliphatic carbocycles. The summed E-state index contributed by atoms with van der Waals surface area (Å²) in [6.45, 7) is 9.62. The van der Waals surface area contributed by atoms with Crippen LogP contribution in [0.4, 0.5) is 0 Å². The molecule has 7 heteroatoms. The van der Waals surface area contributed by atoms with Gasteiger partial charge in [0.05, 0.1) is 10.9 Å². The van der Waals surface area contributed by atoms with Crippen molar-refractivity contribution in [2.45, 2.75) is 51.2 Å². The van der Waals surface area contributed by atoms with Crippen LogP contribution in [0, 0.1) is 6.92 Å². The number of hydrogen-bond acceptors (Lipinski definition) is 5. The van der Waals surface area contributed by atoms with Crippen molar-refractivity contribution in [3.05, 3.63) is 33.2 Å². The van der Waals surface area contributed by atoms with E-state index in [0.717, 1.165) is 5.69 Å². The second-order valence-electron chi connectivity index (χ2n) is 6.27. The first-order chi connectivity index (χ1) is 10.2. The molecule has 2 aromatic rings. The molecule has 0 spiro atoms. The molecule has 2 heterocycles. The molecule has 0 aliphatic rings. The fourth-order valence-electron chi connectivity index (χ4n) is 1.93. The van der Waals surface area contributed by atoms with E-state index in [4.69, 9.17) is 0 Å². The topological polar surface area (TPSA) is 63.5 Å². The van der Waals surface area contributed by atoms with Crippen molar-refractivity contribution in [2.75, 3.05) is 0 Å². The second-order valence-corrected chi connectivity index (χ2v) is 8.44. The summed E-state index contributed by atoms with van der Waals surface area (Å²) in [4.78, 5) is 29.3. The second kappa shape index (κ2) is 6.42. The molecule has 0 saturated heterocycles. The van der Waals surface area contributed by atoms with Crippen LogP contribution >= 0.6 is 23.1 Å². The molecule has 1 amide bonds. The lowest BCUT2D eigenvalue weighted by Crippen LogP contribution is -2.44. The van der Waals surface area contributed by atoms with Crippen LogP contribution in [-0.4, -0.2) is 26.1 Å². The average Bonchev–Trinajstić information content (AvgIpc) is 2.76. The van der Waals surface area contributed by atoms with Crippen LogP contribution in [0.1, 0.15) is 39.1 Å². The SMILES string of the molecule is Cc1csc2nc(CSC(C)C(=O)NC(C)(C)C)cc(=O)n12. The molecule has 0 aromatic carbocycles. The maximum atomic E-state index is 12.1. The molecule has 2 aromatic heterocycles. The van der Waals surface area contributed by atoms with E-state index in [0.29, 0.717) is 16.4 Å². The Morgan fingerprint density at radius 2 is 2.18 bits per heavy atom. The number of amides is 1. The minimum Gasteiger partial charge on any atom is -0.351 e. The maximum Gasteiger partial charge on any atom is 0.258 e. The summed E-state index contributed by atoms with van der Waals surface area (Å²) in [5.41, 5.74) is 1.31. The first-order valence-corrected chi connectivity index (χ1v) is 9.00. The lowest BCUT2D eigenvalue weighted by atomic mass is 10.1. The minimum atomic E-state index is -0.240. The summed E-state index contributed by atoms with van der Waals surface area (Å²) >= 11 is 2.94. The van der Waals surface area contributed by atoms with Crippen LogP contribution in [0.15, 0.2) is 16.2 Å². The Bertz CT molecular complexity index is 743. The van der Waals surface area contributed by atoms with Gasteiger partial charge in [0.25, 0.3) is 5.56 Å². The van der Waals surface area contributed by atoms with Crippen LogP contribution in [0.25, 0.3) is 4.96 Å². The highest BCUT2D eigenvalue weighted by Crippen LogP contribution is 2.19. The molecule has 0 fully saturated rings. The van der Waals surface area contributed by atoms with Gasteiger partial charge in [-0.25, -0.2) is 4.98 Å². The largest absolute Gasteiger partial charge is 0.351 e. The number of aromatic nitrogens is 2. The van der Waals surface area contributed by atoms with E-state index in [1.165, 1.54) is 23.1 Å². The first-order valence-electron chi connectivity index (χ1n) is 7.08. The highest BCUT2D eigenvalue weighted by Gasteiger charge is 2.19. The van der Waals surface area contributed by atoms with Gasteiger partial charge in [-0.1, -0.05) is 0 Å². The van der Waals surface area contributed by atoms with E-state index >= 15 is 0 Å². The van der Waals surface area contributed by atoms with Crippen molar-refractivity contribution >= 4 is 34.0 Å². The zero-order valence-corrected chi connectivity index (χ0v) is 15.1. The lowest BCUT2D eigenvalue weighted by molar-refractivity contribution is -0.121. The number of carbonyl (C=O) groups excluding carboxylic acids is 1. The third kappa shape index (κ3) is 4.10. The fourth-order valence-corrected chi connectivity index (χ4v) is 3.60. The number of aryl methyl sites for hydroxylation is 1. The molecule has 0 aliphatic heterocycles. The number of fused-ring (bicyclic) bond motifs is 1. The van der Waals surface area contributed by atoms with Gasteiger partial charge in [0.15, 0.2) is 4.96 Å². The summed E-state index contributed by atoms with van der Waals surface area (Å²) in [5, 5.41) is 4.68. The monoisotopic (exact) mass is 339 g/mol. The maximum absolute atomic E-state index is 12.1. The number of rotatable bonds is 4. The molecule has 0 radical (unpaired) electrons. The van der Waals surface area contributed by atoms with Gasteiger partial charge < -0.3 is 5.32 Å². The Labute approximate surface area is 138 Å². The number of hydrogen-bond donors (Lipinski definition) is 1. The predicted molar refractivity (Wildman–Crippen MR) is 92.7 cm³/mol. The zero-order valence-electron chi connectivity index (χ0n) is 13.5. The quantitative estimate of drug-likeness (QED) is 0.930. The Kier molecular flexibility index (Phi) is 4.97. The van der Waals surface area contributed by atoms with Crippen molar-refractivity contribution in [1.82, 2.24) is 14.7 Å². The zero-order chi connectivity index (χ0) is 16.5. The third-order valence-corrected chi connectivity index (χ3v) is 5.10. The molecule has 1 unspecified atom stereocenters. The van der Waals surface area contributed by atoms with Gasteiger partial charge in [0, 0.05) is 28.4 Å². The molecule has 0 bridgehead atoms. The van der Waals surface area contributed by atoms with Gasteiger partial charge in [-0.05, 0) is 34.6 Å². The Hall–Kier alpha value is -1.34. The Morgan fingerprint density at radius 1 is 1.50 bits per heavy atom. The van der Waals surface area contributed by atoms with Crippen molar-refractivity contribution < 1.29 is 4.79 Å². The van der Waals surface area contributed by atoms with E-state index in [9.17, 15) is 9.59 Å². The van der Waals surface area contributed by atoms with E-state index in [1.54, 1.807) is 10.5 Å². The van der Waals surface area contributed by atoms with Gasteiger partial charge in [-0.15, -0.1) is 23.1 Å². The predicted octanol–water partition coefficient (Wildman–Crippen LogP) is 2.60. The number of thiazole rings is 1. The molecule has 1 N–H and O–H groups in total. The Morgan fingerprint density at radius 3 is 2.82 bits per heavy atom. The molecule has 120 valence electrons. The number of nitrogens with one attached hydrogen (secondary N) is 1. The third-order valence-electron chi connectivity index (χ3n) is 2.98. The molecule has 5 nitrogen and oxygen atoms in total. The molecular weight excluding hydrogens is 318 g/mol. The highest BCUT2D eigenvalue weighted by atomic mass is 32.2. The van der Waals surface area contributed by atoms with Crippen LogP contribution in [0.2, 0.25) is 0 Å². The summed E-state index contributed by atoms with van der Waals surface area (Å²) in [6, 6.07) is 1.55. The van der Waals surface area contributed by atoms with Crippen LogP contribution in [-0.2, 0) is 10.5 Å². The van der Waals surface area contributed by atoms with Crippen LogP contribution < -0.4 is 10.9 Å². The summed E-state index contributed by atoms with van der Waals surface area (Å²) in [6.07, 6.45) is 0. The van der Waals surface area contributed by atoms with Crippen LogP contribution in [0.5, 0.6) is 0 Å². The van der Waals surface area contributed by atoms with Gasteiger partial charge >= 0.3 is 0 Å². The van der Waals surface area contributed by atoms with E-state index in [2.05, 4.69) is 10.3 Å². The van der Waals surface area contributed by atoms with E-state index in [-0.39, 0.29) is 22.3 Å². The van der Waals surface area contributed by atoms with Gasteiger partial charge in [-0.3, -0.25) is 14.0 Å². The standard InChI is InChI=1S/C15H21N3O2S2/c1-9-7-22-14-16-11(6-12(19)18(9)14)8-21-10(2)13(20)17-15(3,4)5/h6-7,10H,8H2,1-5H3,(H,17,20). The molecule has 22 heavy (non-hydrogen) atoms. The van der Waals surface area contributed by atoms with Crippen molar-refractivity contribution in [3.63, 3.8) is 0 Å². The molecule has 1 atom stereocenters. The molecular formula is C15H21N3O2S2. The van der Waals surface area contributed by atoms with Crippen molar-refractivity contribution in [3.8, 4) is 0 Å². The van der Waals surface area contributed by atoms with E-state index in [1.807, 2.05) is 40.0 Å². The number of nitrogens with zero attached hydrogens (tertiary/aromatic N) is 2. The summed E-state index contributed by atoms with van der Waals surface area (Å²) < 4.78 is 1.61. The van der Waals surface area contributed by atoms with E-state index < -0.39 is 0 Å². The smallest absolute Gasteiger partial charge is 0.258 e. The lowest BCUT2D eigenvalue weighted by Gasteiger charge is -2.23. The highest BCUT2D eigenvalue weighted by molar-refractivity contribution is 7.99. The number of thioether (sulfide) groups is 1. The minimum absolute atomic E-state index is 0.00210.